The van der Waals surface area contributed by atoms with Gasteiger partial charge in [0.15, 0.2) is 5.78 Å². The van der Waals surface area contributed by atoms with Crippen molar-refractivity contribution >= 4 is 35.2 Å². The number of rotatable bonds is 2. The lowest BCUT2D eigenvalue weighted by molar-refractivity contribution is 0.0544. The lowest BCUT2D eigenvalue weighted by Crippen LogP contribution is -2.29. The van der Waals surface area contributed by atoms with Crippen molar-refractivity contribution in [3.05, 3.63) is 36.0 Å². The van der Waals surface area contributed by atoms with E-state index in [0.29, 0.717) is 17.6 Å². The molecule has 1 aliphatic heterocycles. The minimum Gasteiger partial charge on any atom is -0.443 e. The monoisotopic (exact) mass is 365 g/mol. The number of aromatic nitrogens is 1. The maximum absolute atomic E-state index is 12.7. The molecule has 1 fully saturated rings. The first kappa shape index (κ1) is 19.4. The van der Waals surface area contributed by atoms with Crippen LogP contribution < -0.4 is 5.84 Å². The van der Waals surface area contributed by atoms with E-state index in [1.54, 1.807) is 17.3 Å². The molecule has 1 saturated heterocycles. The lowest BCUT2D eigenvalue weighted by atomic mass is 9.96. The maximum atomic E-state index is 12.7. The summed E-state index contributed by atoms with van der Waals surface area (Å²) in [6.45, 7) is 6.77. The lowest BCUT2D eigenvalue weighted by Gasteiger charge is -2.19. The van der Waals surface area contributed by atoms with E-state index in [1.807, 2.05) is 39.0 Å². The highest BCUT2D eigenvalue weighted by Crippen LogP contribution is 2.24. The molecule has 0 amide bonds. The van der Waals surface area contributed by atoms with E-state index >= 15 is 0 Å². The van der Waals surface area contributed by atoms with Gasteiger partial charge in [0.05, 0.1) is 5.52 Å². The zero-order chi connectivity index (χ0) is 17.5. The zero-order valence-electron chi connectivity index (χ0n) is 14.7. The van der Waals surface area contributed by atoms with Gasteiger partial charge in [0.25, 0.3) is 0 Å². The second-order valence-corrected chi connectivity index (χ2v) is 7.28. The topological polar surface area (TPSA) is 77.6 Å². The van der Waals surface area contributed by atoms with Crippen LogP contribution in [0.25, 0.3) is 10.9 Å². The van der Waals surface area contributed by atoms with Crippen LogP contribution in [-0.4, -0.2) is 40.1 Å². The number of fused-ring (bicyclic) bond motifs is 1. The van der Waals surface area contributed by atoms with Crippen molar-refractivity contribution < 1.29 is 14.3 Å². The minimum atomic E-state index is -0.574. The van der Waals surface area contributed by atoms with Crippen LogP contribution in [0.4, 0.5) is 4.79 Å². The van der Waals surface area contributed by atoms with Crippen molar-refractivity contribution in [3.8, 4) is 0 Å². The summed E-state index contributed by atoms with van der Waals surface area (Å²) in [6, 6.07) is 7.27. The molecule has 1 atom stereocenters. The van der Waals surface area contributed by atoms with Gasteiger partial charge in [0.2, 0.25) is 0 Å². The summed E-state index contributed by atoms with van der Waals surface area (Å²) in [5.41, 5.74) is 0.708. The fraction of sp³-hybridized carbons (Fsp3) is 0.444. The number of hydrogen-bond acceptors (Lipinski definition) is 5. The summed E-state index contributed by atoms with van der Waals surface area (Å²) in [4.78, 5) is 25.0. The van der Waals surface area contributed by atoms with E-state index in [1.165, 1.54) is 4.57 Å². The number of hydrogen-bond donors (Lipinski definition) is 1. The number of Topliss-reactive ketones (excluding diaryl/α,β-unsaturated/α-hetero) is 1. The molecule has 2 N–H and O–H groups in total. The predicted octanol–water partition coefficient (Wildman–Crippen LogP) is 3.22. The fourth-order valence-electron chi connectivity index (χ4n) is 2.99. The molecule has 1 aromatic carbocycles. The molecule has 25 heavy (non-hydrogen) atoms. The van der Waals surface area contributed by atoms with E-state index in [9.17, 15) is 9.59 Å². The van der Waals surface area contributed by atoms with Gasteiger partial charge < -0.3 is 4.74 Å². The third-order valence-electron chi connectivity index (χ3n) is 4.16. The number of ketones is 1. The Labute approximate surface area is 153 Å². The molecule has 0 bridgehead atoms. The summed E-state index contributed by atoms with van der Waals surface area (Å²) in [6.07, 6.45) is 1.99. The van der Waals surface area contributed by atoms with Gasteiger partial charge in [-0.2, -0.15) is 0 Å². The van der Waals surface area contributed by atoms with Crippen LogP contribution in [0.2, 0.25) is 0 Å². The average molecular weight is 366 g/mol. The van der Waals surface area contributed by atoms with Crippen molar-refractivity contribution in [1.29, 1.82) is 0 Å². The number of nitrogens with zero attached hydrogens (tertiary/aromatic N) is 2. The first-order valence-corrected chi connectivity index (χ1v) is 8.13. The van der Waals surface area contributed by atoms with Gasteiger partial charge in [-0.3, -0.25) is 15.2 Å². The van der Waals surface area contributed by atoms with Gasteiger partial charge >= 0.3 is 6.09 Å². The van der Waals surface area contributed by atoms with Crippen LogP contribution in [0.15, 0.2) is 30.5 Å². The van der Waals surface area contributed by atoms with Crippen LogP contribution in [0.1, 0.15) is 37.6 Å². The summed E-state index contributed by atoms with van der Waals surface area (Å²) in [7, 11) is 0. The number of halogens is 1. The number of nitrogens with two attached hydrogens (primary N) is 1. The normalized spacial score (nSPS) is 18.2. The van der Waals surface area contributed by atoms with Crippen LogP contribution >= 0.6 is 12.4 Å². The quantitative estimate of drug-likeness (QED) is 0.653. The zero-order valence-corrected chi connectivity index (χ0v) is 15.5. The third-order valence-corrected chi connectivity index (χ3v) is 4.16. The Hall–Kier alpha value is -1.89. The minimum absolute atomic E-state index is 0. The number of benzene rings is 1. The second kappa shape index (κ2) is 7.15. The molecule has 6 nitrogen and oxygen atoms in total. The van der Waals surface area contributed by atoms with Crippen LogP contribution in [0.3, 0.4) is 0 Å². The fourth-order valence-corrected chi connectivity index (χ4v) is 2.99. The highest BCUT2D eigenvalue weighted by molar-refractivity contribution is 6.02. The standard InChI is InChI=1S/C18H23N3O3.ClH/c1-18(2,3)24-17(23)21-9-7-12-4-5-13(10-15(12)21)16(22)14-6-8-20(19)11-14;/h4-5,7,9-10,14H,6,8,11,19H2,1-3H3;1H/t14-;/m1./s1. The van der Waals surface area contributed by atoms with Crippen LogP contribution in [-0.2, 0) is 4.74 Å². The number of hydrazine groups is 1. The van der Waals surface area contributed by atoms with E-state index < -0.39 is 11.7 Å². The van der Waals surface area contributed by atoms with Gasteiger partial charge in [-0.05, 0) is 39.3 Å². The first-order chi connectivity index (χ1) is 11.2. The maximum Gasteiger partial charge on any atom is 0.418 e. The van der Waals surface area contributed by atoms with Crippen molar-refractivity contribution in [2.24, 2.45) is 11.8 Å². The summed E-state index contributed by atoms with van der Waals surface area (Å²) in [5.74, 6) is 5.74. The molecular weight excluding hydrogens is 342 g/mol. The summed E-state index contributed by atoms with van der Waals surface area (Å²) < 4.78 is 6.87. The highest BCUT2D eigenvalue weighted by Gasteiger charge is 2.28. The van der Waals surface area contributed by atoms with Gasteiger partial charge in [-0.25, -0.2) is 9.80 Å². The van der Waals surface area contributed by atoms with Crippen molar-refractivity contribution in [2.45, 2.75) is 32.8 Å². The Bertz CT molecular complexity index is 794. The van der Waals surface area contributed by atoms with Gasteiger partial charge in [-0.15, -0.1) is 12.4 Å². The molecule has 2 aromatic rings. The summed E-state index contributed by atoms with van der Waals surface area (Å²) in [5, 5.41) is 2.56. The highest BCUT2D eigenvalue weighted by atomic mass is 35.5. The Balaban J connectivity index is 0.00000225. The van der Waals surface area contributed by atoms with E-state index in [-0.39, 0.29) is 24.1 Å². The summed E-state index contributed by atoms with van der Waals surface area (Å²) >= 11 is 0. The molecule has 0 saturated carbocycles. The SMILES string of the molecule is CC(C)(C)OC(=O)n1ccc2ccc(C(=O)[C@@H]3CCN(N)C3)cc21.Cl. The third kappa shape index (κ3) is 4.21. The second-order valence-electron chi connectivity index (χ2n) is 7.28. The molecule has 7 heteroatoms. The number of carbonyl (C=O) groups excluding carboxylic acids is 2. The van der Waals surface area contributed by atoms with Gasteiger partial charge in [-0.1, -0.05) is 12.1 Å². The molecule has 0 spiro atoms. The molecule has 136 valence electrons. The molecule has 1 aromatic heterocycles. The molecule has 0 radical (unpaired) electrons. The molecule has 3 rings (SSSR count). The Morgan fingerprint density at radius 2 is 1.96 bits per heavy atom. The Morgan fingerprint density at radius 1 is 1.24 bits per heavy atom. The first-order valence-electron chi connectivity index (χ1n) is 8.13. The van der Waals surface area contributed by atoms with Crippen molar-refractivity contribution in [3.63, 3.8) is 0 Å². The van der Waals surface area contributed by atoms with Crippen LogP contribution in [0, 0.1) is 5.92 Å². The Morgan fingerprint density at radius 3 is 2.56 bits per heavy atom. The molecule has 0 aliphatic carbocycles. The largest absolute Gasteiger partial charge is 0.443 e. The molecule has 2 heterocycles. The van der Waals surface area contributed by atoms with Crippen molar-refractivity contribution in [2.75, 3.05) is 13.1 Å². The molecule has 0 unspecified atom stereocenters. The molecule has 1 aliphatic rings. The predicted molar refractivity (Wildman–Crippen MR) is 99.0 cm³/mol. The van der Waals surface area contributed by atoms with E-state index in [2.05, 4.69) is 0 Å². The van der Waals surface area contributed by atoms with E-state index in [0.717, 1.165) is 18.4 Å². The number of carbonyl (C=O) groups is 2. The average Bonchev–Trinajstić information content (AvgIpc) is 3.10. The van der Waals surface area contributed by atoms with Crippen molar-refractivity contribution in [1.82, 2.24) is 9.58 Å². The smallest absolute Gasteiger partial charge is 0.418 e. The van der Waals surface area contributed by atoms with Gasteiger partial charge in [0, 0.05) is 36.2 Å². The number of ether oxygens (including phenoxy) is 1. The van der Waals surface area contributed by atoms with Gasteiger partial charge in [0.1, 0.15) is 5.60 Å². The van der Waals surface area contributed by atoms with E-state index in [4.69, 9.17) is 10.6 Å². The van der Waals surface area contributed by atoms with Crippen LogP contribution in [0.5, 0.6) is 0 Å². The Kier molecular flexibility index (Phi) is 5.56. The molecular formula is C18H24ClN3O3.